The Hall–Kier alpha value is -0.0400. The number of hydrogen-bond acceptors (Lipinski definition) is 1. The van der Waals surface area contributed by atoms with E-state index in [1.54, 1.807) is 0 Å². The lowest BCUT2D eigenvalue weighted by molar-refractivity contribution is 0.00151. The van der Waals surface area contributed by atoms with Crippen LogP contribution in [-0.4, -0.2) is 22.5 Å². The second-order valence-electron chi connectivity index (χ2n) is 15.8. The normalized spacial score (nSPS) is 12.6. The summed E-state index contributed by atoms with van der Waals surface area (Å²) in [6.45, 7) is 18.5. The van der Waals surface area contributed by atoms with E-state index >= 15 is 0 Å². The molecule has 0 unspecified atom stereocenters. The topological polar surface area (TPSA) is 3.24 Å². The molecular weight excluding hydrogens is 518 g/mol. The highest BCUT2D eigenvalue weighted by Crippen LogP contribution is 2.34. The van der Waals surface area contributed by atoms with Gasteiger partial charge in [-0.25, -0.2) is 0 Å². The van der Waals surface area contributed by atoms with Gasteiger partial charge in [0.1, 0.15) is 0 Å². The second-order valence-corrected chi connectivity index (χ2v) is 15.8. The Bertz CT molecular complexity index is 505. The molecule has 0 saturated carbocycles. The van der Waals surface area contributed by atoms with Gasteiger partial charge >= 0.3 is 0 Å². The third kappa shape index (κ3) is 26.8. The summed E-state index contributed by atoms with van der Waals surface area (Å²) in [4.78, 5) is 2.97. The fraction of sp³-hybridized carbons (Fsp3) is 1.00. The van der Waals surface area contributed by atoms with Gasteiger partial charge in [0.25, 0.3) is 0 Å². The van der Waals surface area contributed by atoms with E-state index in [-0.39, 0.29) is 0 Å². The number of hydrogen-bond donors (Lipinski definition) is 0. The van der Waals surface area contributed by atoms with E-state index in [2.05, 4.69) is 53.4 Å². The van der Waals surface area contributed by atoms with Gasteiger partial charge in [0, 0.05) is 11.1 Å². The van der Waals surface area contributed by atoms with Crippen molar-refractivity contribution in [3.05, 3.63) is 0 Å². The molecule has 0 rings (SSSR count). The first-order valence-corrected chi connectivity index (χ1v) is 20.6. The van der Waals surface area contributed by atoms with Gasteiger partial charge in [0.15, 0.2) is 0 Å². The standard InChI is InChI=1S/C42H87N/c1-8-11-14-17-20-21-22-23-24-25-26-27-28-31-34-37-40-43(41(4,5)38-35-32-29-18-15-12-9-2)42(6,7)39-36-33-30-19-16-13-10-3/h8-40H2,1-7H3. The second kappa shape index (κ2) is 30.6. The molecule has 0 aliphatic heterocycles. The van der Waals surface area contributed by atoms with E-state index in [9.17, 15) is 0 Å². The first-order valence-electron chi connectivity index (χ1n) is 20.6. The highest BCUT2D eigenvalue weighted by Gasteiger charge is 2.36. The van der Waals surface area contributed by atoms with Crippen LogP contribution < -0.4 is 0 Å². The molecule has 0 radical (unpaired) electrons. The van der Waals surface area contributed by atoms with Crippen molar-refractivity contribution >= 4 is 0 Å². The van der Waals surface area contributed by atoms with Crippen LogP contribution >= 0.6 is 0 Å². The first kappa shape index (κ1) is 43.0. The van der Waals surface area contributed by atoms with Crippen LogP contribution in [-0.2, 0) is 0 Å². The van der Waals surface area contributed by atoms with Gasteiger partial charge in [-0.15, -0.1) is 0 Å². The Morgan fingerprint density at radius 1 is 0.279 bits per heavy atom. The van der Waals surface area contributed by atoms with Crippen LogP contribution in [0.4, 0.5) is 0 Å². The lowest BCUT2D eigenvalue weighted by Crippen LogP contribution is -2.55. The Balaban J connectivity index is 4.37. The molecule has 0 aliphatic carbocycles. The molecule has 0 aromatic rings. The maximum Gasteiger partial charge on any atom is 0.0158 e. The van der Waals surface area contributed by atoms with Crippen LogP contribution in [0, 0.1) is 0 Å². The largest absolute Gasteiger partial charge is 0.293 e. The number of unbranched alkanes of at least 4 members (excludes halogenated alkanes) is 27. The third-order valence-electron chi connectivity index (χ3n) is 10.5. The molecule has 0 bridgehead atoms. The van der Waals surface area contributed by atoms with Crippen LogP contribution in [0.25, 0.3) is 0 Å². The van der Waals surface area contributed by atoms with Crippen LogP contribution in [0.1, 0.15) is 254 Å². The van der Waals surface area contributed by atoms with Crippen LogP contribution in [0.5, 0.6) is 0 Å². The molecule has 0 fully saturated rings. The highest BCUT2D eigenvalue weighted by molar-refractivity contribution is 4.92. The smallest absolute Gasteiger partial charge is 0.0158 e. The molecule has 0 saturated heterocycles. The van der Waals surface area contributed by atoms with Crippen molar-refractivity contribution < 1.29 is 0 Å². The molecule has 1 nitrogen and oxygen atoms in total. The molecule has 0 heterocycles. The van der Waals surface area contributed by atoms with Crippen LogP contribution in [0.15, 0.2) is 0 Å². The summed E-state index contributed by atoms with van der Waals surface area (Å²) < 4.78 is 0. The van der Waals surface area contributed by atoms with Gasteiger partial charge in [0.05, 0.1) is 0 Å². The van der Waals surface area contributed by atoms with E-state index in [1.165, 1.54) is 212 Å². The number of rotatable bonds is 35. The zero-order valence-corrected chi connectivity index (χ0v) is 31.8. The zero-order chi connectivity index (χ0) is 31.9. The SMILES string of the molecule is CCCCCCCCCCCCCCCCCCN(C(C)(C)CCCCCCCCC)C(C)(C)CCCCCCCCC. The lowest BCUT2D eigenvalue weighted by Gasteiger charge is -2.49. The number of nitrogens with zero attached hydrogens (tertiary/aromatic N) is 1. The van der Waals surface area contributed by atoms with Crippen molar-refractivity contribution in [2.75, 3.05) is 6.54 Å². The van der Waals surface area contributed by atoms with Crippen LogP contribution in [0.2, 0.25) is 0 Å². The van der Waals surface area contributed by atoms with Crippen molar-refractivity contribution in [3.8, 4) is 0 Å². The van der Waals surface area contributed by atoms with Crippen molar-refractivity contribution in [3.63, 3.8) is 0 Å². The Morgan fingerprint density at radius 2 is 0.488 bits per heavy atom. The molecule has 0 aliphatic rings. The van der Waals surface area contributed by atoms with Crippen molar-refractivity contribution in [1.82, 2.24) is 4.90 Å². The molecule has 260 valence electrons. The van der Waals surface area contributed by atoms with Gasteiger partial charge in [-0.3, -0.25) is 4.90 Å². The van der Waals surface area contributed by atoms with E-state index in [0.29, 0.717) is 11.1 Å². The molecule has 0 aromatic heterocycles. The van der Waals surface area contributed by atoms with Gasteiger partial charge in [-0.1, -0.05) is 207 Å². The van der Waals surface area contributed by atoms with Gasteiger partial charge in [-0.05, 0) is 53.5 Å². The minimum Gasteiger partial charge on any atom is -0.293 e. The Kier molecular flexibility index (Phi) is 30.6. The third-order valence-corrected chi connectivity index (χ3v) is 10.5. The summed E-state index contributed by atoms with van der Waals surface area (Å²) in [5, 5.41) is 0. The van der Waals surface area contributed by atoms with E-state index in [4.69, 9.17) is 0 Å². The predicted octanol–water partition coefficient (Wildman–Crippen LogP) is 15.4. The summed E-state index contributed by atoms with van der Waals surface area (Å²) in [6.07, 6.45) is 45.9. The predicted molar refractivity (Wildman–Crippen MR) is 200 cm³/mol. The summed E-state index contributed by atoms with van der Waals surface area (Å²) in [5.41, 5.74) is 0.618. The quantitative estimate of drug-likeness (QED) is 0.0649. The minimum atomic E-state index is 0.309. The van der Waals surface area contributed by atoms with Crippen molar-refractivity contribution in [1.29, 1.82) is 0 Å². The molecule has 1 heteroatoms. The highest BCUT2D eigenvalue weighted by atomic mass is 15.2. The Labute approximate surface area is 275 Å². The zero-order valence-electron chi connectivity index (χ0n) is 31.8. The molecular formula is C42H87N. The van der Waals surface area contributed by atoms with E-state index in [1.807, 2.05) is 0 Å². The molecule has 0 N–H and O–H groups in total. The molecule has 0 aromatic carbocycles. The van der Waals surface area contributed by atoms with Crippen molar-refractivity contribution in [2.24, 2.45) is 0 Å². The molecule has 0 atom stereocenters. The lowest BCUT2D eigenvalue weighted by atomic mass is 9.85. The summed E-state index contributed by atoms with van der Waals surface area (Å²) in [6, 6.07) is 0. The minimum absolute atomic E-state index is 0.309. The summed E-state index contributed by atoms with van der Waals surface area (Å²) in [5.74, 6) is 0. The van der Waals surface area contributed by atoms with Crippen LogP contribution in [0.3, 0.4) is 0 Å². The molecule has 0 amide bonds. The summed E-state index contributed by atoms with van der Waals surface area (Å²) in [7, 11) is 0. The first-order chi connectivity index (χ1) is 20.8. The molecule has 0 spiro atoms. The average molecular weight is 606 g/mol. The van der Waals surface area contributed by atoms with Gasteiger partial charge in [0.2, 0.25) is 0 Å². The maximum absolute atomic E-state index is 2.97. The monoisotopic (exact) mass is 606 g/mol. The molecule has 43 heavy (non-hydrogen) atoms. The van der Waals surface area contributed by atoms with Gasteiger partial charge < -0.3 is 0 Å². The average Bonchev–Trinajstić information content (AvgIpc) is 2.97. The summed E-state index contributed by atoms with van der Waals surface area (Å²) >= 11 is 0. The van der Waals surface area contributed by atoms with E-state index < -0.39 is 0 Å². The van der Waals surface area contributed by atoms with Crippen molar-refractivity contribution in [2.45, 2.75) is 265 Å². The fourth-order valence-electron chi connectivity index (χ4n) is 7.54. The van der Waals surface area contributed by atoms with Gasteiger partial charge in [-0.2, -0.15) is 0 Å². The maximum atomic E-state index is 2.97. The fourth-order valence-corrected chi connectivity index (χ4v) is 7.54. The van der Waals surface area contributed by atoms with E-state index in [0.717, 1.165) is 0 Å². The Morgan fingerprint density at radius 3 is 0.744 bits per heavy atom.